The van der Waals surface area contributed by atoms with Gasteiger partial charge in [0.05, 0.1) is 6.61 Å². The van der Waals surface area contributed by atoms with Crippen LogP contribution in [0.2, 0.25) is 0 Å². The first-order valence-electron chi connectivity index (χ1n) is 13.5. The number of carbonyl (C=O) groups excluding carboxylic acids is 1. The second kappa shape index (κ2) is 16.8. The third-order valence-corrected chi connectivity index (χ3v) is 6.48. The highest BCUT2D eigenvalue weighted by Crippen LogP contribution is 2.30. The van der Waals surface area contributed by atoms with Crippen molar-refractivity contribution in [2.45, 2.75) is 90.9 Å². The maximum Gasteiger partial charge on any atom is 0.193 e. The summed E-state index contributed by atoms with van der Waals surface area (Å²) < 4.78 is 6.17. The molecule has 1 atom stereocenters. The highest BCUT2D eigenvalue weighted by atomic mass is 16.5. The molecule has 0 fully saturated rings. The van der Waals surface area contributed by atoms with Crippen LogP contribution in [-0.4, -0.2) is 22.6 Å². The minimum Gasteiger partial charge on any atom is -0.508 e. The fraction of sp³-hybridized carbons (Fsp3) is 0.516. The molecule has 4 nitrogen and oxygen atoms in total. The van der Waals surface area contributed by atoms with Gasteiger partial charge in [0.1, 0.15) is 22.8 Å². The van der Waals surface area contributed by atoms with E-state index in [1.807, 2.05) is 0 Å². The summed E-state index contributed by atoms with van der Waals surface area (Å²) in [6.07, 6.45) is 18.0. The van der Waals surface area contributed by atoms with E-state index in [-0.39, 0.29) is 22.8 Å². The van der Waals surface area contributed by atoms with Gasteiger partial charge in [-0.3, -0.25) is 4.79 Å². The van der Waals surface area contributed by atoms with E-state index in [2.05, 4.69) is 13.8 Å². The first-order valence-corrected chi connectivity index (χ1v) is 13.5. The standard InChI is InChI=1S/C31H44O4/c1-3-5-7-9-10-12-15-26(14-11-8-6-4-2)24-35-30-17-13-16-28(33)31(30)29(34)23-20-25-18-21-27(32)22-19-25/h13,16-23,26,32-33H,3-12,14-15,24H2,1-2H3/b23-20+. The van der Waals surface area contributed by atoms with Gasteiger partial charge in [0.15, 0.2) is 5.78 Å². The number of rotatable bonds is 18. The van der Waals surface area contributed by atoms with Gasteiger partial charge in [0, 0.05) is 0 Å². The van der Waals surface area contributed by atoms with Crippen LogP contribution >= 0.6 is 0 Å². The van der Waals surface area contributed by atoms with Crippen molar-refractivity contribution in [3.05, 3.63) is 59.7 Å². The van der Waals surface area contributed by atoms with Crippen molar-refractivity contribution in [2.75, 3.05) is 6.61 Å². The number of benzene rings is 2. The van der Waals surface area contributed by atoms with Crippen LogP contribution in [0.3, 0.4) is 0 Å². The van der Waals surface area contributed by atoms with Gasteiger partial charge < -0.3 is 14.9 Å². The lowest BCUT2D eigenvalue weighted by Crippen LogP contribution is -2.14. The SMILES string of the molecule is CCCCCCCCC(CCCCCC)COc1cccc(O)c1C(=O)/C=C/c1ccc(O)cc1. The number of allylic oxidation sites excluding steroid dienone is 1. The van der Waals surface area contributed by atoms with Gasteiger partial charge in [0.2, 0.25) is 0 Å². The van der Waals surface area contributed by atoms with Gasteiger partial charge in [-0.1, -0.05) is 102 Å². The molecule has 2 aromatic carbocycles. The van der Waals surface area contributed by atoms with Crippen LogP contribution in [0, 0.1) is 5.92 Å². The van der Waals surface area contributed by atoms with Gasteiger partial charge in [0.25, 0.3) is 0 Å². The number of unbranched alkanes of at least 4 members (excludes halogenated alkanes) is 8. The highest BCUT2D eigenvalue weighted by Gasteiger charge is 2.17. The molecule has 35 heavy (non-hydrogen) atoms. The van der Waals surface area contributed by atoms with Crippen LogP contribution in [0.5, 0.6) is 17.2 Å². The zero-order valence-corrected chi connectivity index (χ0v) is 21.7. The molecular formula is C31H44O4. The summed E-state index contributed by atoms with van der Waals surface area (Å²) in [6.45, 7) is 5.03. The minimum atomic E-state index is -0.304. The predicted molar refractivity (Wildman–Crippen MR) is 145 cm³/mol. The van der Waals surface area contributed by atoms with Crippen molar-refractivity contribution >= 4 is 11.9 Å². The Morgan fingerprint density at radius 2 is 1.43 bits per heavy atom. The zero-order valence-electron chi connectivity index (χ0n) is 21.7. The van der Waals surface area contributed by atoms with E-state index < -0.39 is 0 Å². The van der Waals surface area contributed by atoms with Crippen LogP contribution in [-0.2, 0) is 0 Å². The lowest BCUT2D eigenvalue weighted by Gasteiger charge is -2.19. The Morgan fingerprint density at radius 1 is 0.829 bits per heavy atom. The maximum absolute atomic E-state index is 12.9. The Bertz CT molecular complexity index is 885. The molecule has 0 aromatic heterocycles. The first kappa shape index (κ1) is 28.5. The van der Waals surface area contributed by atoms with Gasteiger partial charge >= 0.3 is 0 Å². The van der Waals surface area contributed by atoms with Crippen molar-refractivity contribution in [1.82, 2.24) is 0 Å². The van der Waals surface area contributed by atoms with Gasteiger partial charge in [-0.25, -0.2) is 0 Å². The van der Waals surface area contributed by atoms with Crippen molar-refractivity contribution in [1.29, 1.82) is 0 Å². The van der Waals surface area contributed by atoms with Crippen LogP contribution < -0.4 is 4.74 Å². The van der Waals surface area contributed by atoms with E-state index in [0.717, 1.165) is 18.4 Å². The Balaban J connectivity index is 2.01. The highest BCUT2D eigenvalue weighted by molar-refractivity contribution is 6.10. The third-order valence-electron chi connectivity index (χ3n) is 6.48. The smallest absolute Gasteiger partial charge is 0.193 e. The Labute approximate surface area is 212 Å². The molecule has 2 rings (SSSR count). The second-order valence-corrected chi connectivity index (χ2v) is 9.52. The number of hydrogen-bond acceptors (Lipinski definition) is 4. The van der Waals surface area contributed by atoms with E-state index in [1.54, 1.807) is 42.5 Å². The number of ether oxygens (including phenoxy) is 1. The average molecular weight is 481 g/mol. The number of aromatic hydroxyl groups is 2. The first-order chi connectivity index (χ1) is 17.0. The zero-order chi connectivity index (χ0) is 25.3. The molecule has 4 heteroatoms. The summed E-state index contributed by atoms with van der Waals surface area (Å²) in [5.41, 5.74) is 0.993. The average Bonchev–Trinajstić information content (AvgIpc) is 2.86. The molecule has 0 spiro atoms. The quantitative estimate of drug-likeness (QED) is 0.127. The van der Waals surface area contributed by atoms with E-state index in [0.29, 0.717) is 18.3 Å². The maximum atomic E-state index is 12.9. The van der Waals surface area contributed by atoms with Crippen molar-refractivity contribution in [3.8, 4) is 17.2 Å². The predicted octanol–water partition coefficient (Wildman–Crippen LogP) is 8.71. The summed E-state index contributed by atoms with van der Waals surface area (Å²) in [5, 5.41) is 19.9. The topological polar surface area (TPSA) is 66.8 Å². The molecule has 1 unspecified atom stereocenters. The van der Waals surface area contributed by atoms with Crippen molar-refractivity contribution < 1.29 is 19.7 Å². The van der Waals surface area contributed by atoms with Crippen LogP contribution in [0.15, 0.2) is 48.5 Å². The number of phenolic OH excluding ortho intramolecular Hbond substituents is 2. The molecule has 192 valence electrons. The Hall–Kier alpha value is -2.75. The lowest BCUT2D eigenvalue weighted by atomic mass is 9.95. The van der Waals surface area contributed by atoms with Crippen LogP contribution in [0.25, 0.3) is 6.08 Å². The summed E-state index contributed by atoms with van der Waals surface area (Å²) in [5.74, 6) is 0.692. The molecule has 2 N–H and O–H groups in total. The second-order valence-electron chi connectivity index (χ2n) is 9.52. The Kier molecular flexibility index (Phi) is 13.7. The van der Waals surface area contributed by atoms with E-state index >= 15 is 0 Å². The number of phenols is 2. The largest absolute Gasteiger partial charge is 0.508 e. The molecule has 0 amide bonds. The monoisotopic (exact) mass is 480 g/mol. The molecular weight excluding hydrogens is 436 g/mol. The minimum absolute atomic E-state index is 0.0710. The summed E-state index contributed by atoms with van der Waals surface area (Å²) in [6, 6.07) is 11.6. The fourth-order valence-corrected chi connectivity index (χ4v) is 4.32. The molecule has 0 aliphatic carbocycles. The normalized spacial score (nSPS) is 12.2. The summed E-state index contributed by atoms with van der Waals surface area (Å²) >= 11 is 0. The molecule has 0 saturated heterocycles. The van der Waals surface area contributed by atoms with Gasteiger partial charge in [-0.15, -0.1) is 0 Å². The number of ketones is 1. The molecule has 2 aromatic rings. The summed E-state index contributed by atoms with van der Waals surface area (Å²) in [7, 11) is 0. The van der Waals surface area contributed by atoms with Gasteiger partial charge in [-0.05, 0) is 54.7 Å². The van der Waals surface area contributed by atoms with Crippen LogP contribution in [0.4, 0.5) is 0 Å². The van der Waals surface area contributed by atoms with Crippen molar-refractivity contribution in [3.63, 3.8) is 0 Å². The van der Waals surface area contributed by atoms with Crippen molar-refractivity contribution in [2.24, 2.45) is 5.92 Å². The molecule has 0 bridgehead atoms. The molecule has 0 aliphatic rings. The van der Waals surface area contributed by atoms with E-state index in [4.69, 9.17) is 4.74 Å². The molecule has 0 radical (unpaired) electrons. The number of hydrogen-bond donors (Lipinski definition) is 2. The lowest BCUT2D eigenvalue weighted by molar-refractivity contribution is 0.103. The van der Waals surface area contributed by atoms with Crippen LogP contribution in [0.1, 0.15) is 107 Å². The molecule has 0 heterocycles. The van der Waals surface area contributed by atoms with Gasteiger partial charge in [-0.2, -0.15) is 0 Å². The van der Waals surface area contributed by atoms with E-state index in [9.17, 15) is 15.0 Å². The third kappa shape index (κ3) is 11.0. The molecule has 0 saturated carbocycles. The fourth-order valence-electron chi connectivity index (χ4n) is 4.32. The molecule has 0 aliphatic heterocycles. The number of carbonyl (C=O) groups is 1. The van der Waals surface area contributed by atoms with E-state index in [1.165, 1.54) is 76.4 Å². The summed E-state index contributed by atoms with van der Waals surface area (Å²) in [4.78, 5) is 12.9. The Morgan fingerprint density at radius 3 is 2.09 bits per heavy atom.